The SMILES string of the molecule is CCCCCN(C)CN1C(=O)N(CN(C)CCCCC)C(C)(C2CCCC2)C1=O. The Bertz CT molecular complexity index is 535. The van der Waals surface area contributed by atoms with Crippen LogP contribution in [0.5, 0.6) is 0 Å². The predicted molar refractivity (Wildman–Crippen MR) is 118 cm³/mol. The predicted octanol–water partition coefficient (Wildman–Crippen LogP) is 4.36. The van der Waals surface area contributed by atoms with Crippen molar-refractivity contribution in [3.8, 4) is 0 Å². The van der Waals surface area contributed by atoms with Crippen molar-refractivity contribution in [3.05, 3.63) is 0 Å². The van der Waals surface area contributed by atoms with E-state index in [2.05, 4.69) is 30.7 Å². The van der Waals surface area contributed by atoms with E-state index in [0.717, 1.165) is 38.8 Å². The fourth-order valence-electron chi connectivity index (χ4n) is 4.92. The van der Waals surface area contributed by atoms with E-state index in [9.17, 15) is 9.59 Å². The number of carbonyl (C=O) groups excluding carboxylic acids is 2. The van der Waals surface area contributed by atoms with E-state index in [4.69, 9.17) is 0 Å². The molecule has 2 rings (SSSR count). The van der Waals surface area contributed by atoms with Crippen molar-refractivity contribution in [1.29, 1.82) is 0 Å². The smallest absolute Gasteiger partial charge is 0.297 e. The highest BCUT2D eigenvalue weighted by atomic mass is 16.2. The molecule has 168 valence electrons. The van der Waals surface area contributed by atoms with Gasteiger partial charge in [0.15, 0.2) is 0 Å². The van der Waals surface area contributed by atoms with E-state index in [1.807, 2.05) is 18.9 Å². The van der Waals surface area contributed by atoms with E-state index in [0.29, 0.717) is 13.3 Å². The van der Waals surface area contributed by atoms with Gasteiger partial charge in [-0.3, -0.25) is 19.5 Å². The van der Waals surface area contributed by atoms with Gasteiger partial charge in [-0.05, 0) is 65.7 Å². The number of hydrogen-bond acceptors (Lipinski definition) is 4. The Morgan fingerprint density at radius 3 is 1.93 bits per heavy atom. The van der Waals surface area contributed by atoms with Crippen LogP contribution in [0.2, 0.25) is 0 Å². The summed E-state index contributed by atoms with van der Waals surface area (Å²) in [5, 5.41) is 0. The van der Waals surface area contributed by atoms with Crippen LogP contribution in [0.25, 0.3) is 0 Å². The summed E-state index contributed by atoms with van der Waals surface area (Å²) in [5.74, 6) is 0.289. The Kier molecular flexibility index (Phi) is 9.41. The van der Waals surface area contributed by atoms with Crippen molar-refractivity contribution in [2.24, 2.45) is 5.92 Å². The van der Waals surface area contributed by atoms with Gasteiger partial charge in [0.2, 0.25) is 0 Å². The van der Waals surface area contributed by atoms with Crippen molar-refractivity contribution >= 4 is 11.9 Å². The minimum atomic E-state index is -0.698. The average molecular weight is 409 g/mol. The Morgan fingerprint density at radius 1 is 0.897 bits per heavy atom. The molecule has 3 amide bonds. The first kappa shape index (κ1) is 24.1. The van der Waals surface area contributed by atoms with E-state index in [-0.39, 0.29) is 17.9 Å². The molecular weight excluding hydrogens is 364 g/mol. The molecule has 0 aromatic carbocycles. The zero-order valence-electron chi connectivity index (χ0n) is 19.6. The lowest BCUT2D eigenvalue weighted by atomic mass is 9.83. The fraction of sp³-hybridized carbons (Fsp3) is 0.913. The highest BCUT2D eigenvalue weighted by Gasteiger charge is 2.58. The largest absolute Gasteiger partial charge is 0.329 e. The van der Waals surface area contributed by atoms with Crippen molar-refractivity contribution in [2.75, 3.05) is 40.5 Å². The number of urea groups is 1. The van der Waals surface area contributed by atoms with Gasteiger partial charge >= 0.3 is 6.03 Å². The summed E-state index contributed by atoms with van der Waals surface area (Å²) in [6, 6.07) is -0.103. The van der Waals surface area contributed by atoms with Crippen LogP contribution in [-0.2, 0) is 4.79 Å². The zero-order chi connectivity index (χ0) is 21.4. The number of unbranched alkanes of at least 4 members (excludes halogenated alkanes) is 4. The molecule has 1 aliphatic carbocycles. The Morgan fingerprint density at radius 2 is 1.41 bits per heavy atom. The second-order valence-corrected chi connectivity index (χ2v) is 9.43. The molecular formula is C23H44N4O2. The number of nitrogens with zero attached hydrogens (tertiary/aromatic N) is 4. The van der Waals surface area contributed by atoms with Crippen LogP contribution in [0.15, 0.2) is 0 Å². The van der Waals surface area contributed by atoms with Crippen LogP contribution in [-0.4, -0.2) is 77.6 Å². The lowest BCUT2D eigenvalue weighted by molar-refractivity contribution is -0.136. The van der Waals surface area contributed by atoms with Gasteiger partial charge in [0.05, 0.1) is 13.3 Å². The monoisotopic (exact) mass is 408 g/mol. The summed E-state index contributed by atoms with van der Waals surface area (Å²) >= 11 is 0. The maximum atomic E-state index is 13.6. The molecule has 1 saturated carbocycles. The number of hydrogen-bond donors (Lipinski definition) is 0. The van der Waals surface area contributed by atoms with Crippen LogP contribution in [0, 0.1) is 5.92 Å². The molecule has 0 aromatic heterocycles. The molecule has 29 heavy (non-hydrogen) atoms. The van der Waals surface area contributed by atoms with Gasteiger partial charge in [0.1, 0.15) is 5.54 Å². The van der Waals surface area contributed by atoms with Gasteiger partial charge in [-0.2, -0.15) is 0 Å². The minimum absolute atomic E-state index is 0.0127. The maximum absolute atomic E-state index is 13.6. The van der Waals surface area contributed by atoms with E-state index in [1.165, 1.54) is 43.4 Å². The third kappa shape index (κ3) is 5.72. The summed E-state index contributed by atoms with van der Waals surface area (Å²) < 4.78 is 0. The van der Waals surface area contributed by atoms with Crippen LogP contribution in [0.4, 0.5) is 4.79 Å². The molecule has 0 spiro atoms. The van der Waals surface area contributed by atoms with Crippen LogP contribution < -0.4 is 0 Å². The van der Waals surface area contributed by atoms with E-state index < -0.39 is 5.54 Å². The molecule has 1 aliphatic heterocycles. The molecule has 1 saturated heterocycles. The molecule has 2 aliphatic rings. The van der Waals surface area contributed by atoms with Crippen molar-refractivity contribution in [3.63, 3.8) is 0 Å². The van der Waals surface area contributed by atoms with Crippen LogP contribution in [0.1, 0.15) is 85.0 Å². The van der Waals surface area contributed by atoms with Crippen molar-refractivity contribution in [1.82, 2.24) is 19.6 Å². The second-order valence-electron chi connectivity index (χ2n) is 9.43. The Labute approximate surface area is 178 Å². The third-order valence-corrected chi connectivity index (χ3v) is 6.90. The standard InChI is InChI=1S/C23H44N4O2/c1-6-8-12-16-24(4)18-26-21(28)23(3,20-14-10-11-15-20)27(22(26)29)19-25(5)17-13-9-7-2/h20H,6-19H2,1-5H3. The number of imide groups is 1. The highest BCUT2D eigenvalue weighted by molar-refractivity contribution is 6.07. The van der Waals surface area contributed by atoms with Gasteiger partial charge < -0.3 is 0 Å². The van der Waals surface area contributed by atoms with Gasteiger partial charge in [0, 0.05) is 0 Å². The van der Waals surface area contributed by atoms with Gasteiger partial charge in [-0.1, -0.05) is 52.4 Å². The van der Waals surface area contributed by atoms with Crippen molar-refractivity contribution < 1.29 is 9.59 Å². The Hall–Kier alpha value is -1.14. The maximum Gasteiger partial charge on any atom is 0.329 e. The summed E-state index contributed by atoms with van der Waals surface area (Å²) in [6.45, 7) is 9.24. The average Bonchev–Trinajstić information content (AvgIpc) is 3.29. The number of rotatable bonds is 13. The number of carbonyl (C=O) groups is 2. The molecule has 2 fully saturated rings. The minimum Gasteiger partial charge on any atom is -0.297 e. The fourth-order valence-corrected chi connectivity index (χ4v) is 4.92. The van der Waals surface area contributed by atoms with Crippen molar-refractivity contribution in [2.45, 2.75) is 90.5 Å². The summed E-state index contributed by atoms with van der Waals surface area (Å²) in [4.78, 5) is 34.7. The van der Waals surface area contributed by atoms with Gasteiger partial charge in [-0.25, -0.2) is 9.69 Å². The second kappa shape index (κ2) is 11.3. The molecule has 0 radical (unpaired) electrons. The van der Waals surface area contributed by atoms with Crippen LogP contribution >= 0.6 is 0 Å². The quantitative estimate of drug-likeness (QED) is 0.336. The van der Waals surface area contributed by atoms with Crippen LogP contribution in [0.3, 0.4) is 0 Å². The zero-order valence-corrected chi connectivity index (χ0v) is 19.6. The summed E-state index contributed by atoms with van der Waals surface area (Å²) in [7, 11) is 4.09. The van der Waals surface area contributed by atoms with Gasteiger partial charge in [-0.15, -0.1) is 0 Å². The first-order chi connectivity index (χ1) is 13.9. The lowest BCUT2D eigenvalue weighted by Crippen LogP contribution is -2.55. The molecule has 1 atom stereocenters. The third-order valence-electron chi connectivity index (χ3n) is 6.90. The molecule has 1 heterocycles. The van der Waals surface area contributed by atoms with E-state index in [1.54, 1.807) is 0 Å². The first-order valence-corrected chi connectivity index (χ1v) is 11.9. The normalized spacial score (nSPS) is 23.4. The topological polar surface area (TPSA) is 47.1 Å². The lowest BCUT2D eigenvalue weighted by Gasteiger charge is -2.38. The highest BCUT2D eigenvalue weighted by Crippen LogP contribution is 2.42. The van der Waals surface area contributed by atoms with Gasteiger partial charge in [0.25, 0.3) is 5.91 Å². The number of amides is 3. The molecule has 6 heteroatoms. The molecule has 0 aromatic rings. The molecule has 6 nitrogen and oxygen atoms in total. The van der Waals surface area contributed by atoms with E-state index >= 15 is 0 Å². The molecule has 0 N–H and O–H groups in total. The summed E-state index contributed by atoms with van der Waals surface area (Å²) in [5.41, 5.74) is -0.698. The first-order valence-electron chi connectivity index (χ1n) is 11.9. The summed E-state index contributed by atoms with van der Waals surface area (Å²) in [6.07, 6.45) is 11.4. The molecule has 0 bridgehead atoms. The molecule has 1 unspecified atom stereocenters. The Balaban J connectivity index is 2.12.